The van der Waals surface area contributed by atoms with Crippen molar-refractivity contribution in [1.82, 2.24) is 5.32 Å². The molecule has 0 bridgehead atoms. The first-order chi connectivity index (χ1) is 12.6. The van der Waals surface area contributed by atoms with Crippen molar-refractivity contribution in [3.8, 4) is 5.75 Å². The first-order valence-corrected chi connectivity index (χ1v) is 9.02. The fourth-order valence-electron chi connectivity index (χ4n) is 3.07. The number of hydrogen-bond donors (Lipinski definition) is 1. The second-order valence-electron chi connectivity index (χ2n) is 6.40. The van der Waals surface area contributed by atoms with Crippen molar-refractivity contribution < 1.29 is 14.3 Å². The predicted octanol–water partition coefficient (Wildman–Crippen LogP) is 3.18. The number of unbranched alkanes of at least 4 members (excludes halogenated alkanes) is 1. The van der Waals surface area contributed by atoms with E-state index in [1.165, 1.54) is 5.56 Å². The van der Waals surface area contributed by atoms with Gasteiger partial charge in [0.15, 0.2) is 6.10 Å². The quantitative estimate of drug-likeness (QED) is 0.899. The molecular weight excluding hydrogens is 328 g/mol. The fourth-order valence-corrected chi connectivity index (χ4v) is 3.07. The molecule has 0 spiro atoms. The molecule has 2 amide bonds. The summed E-state index contributed by atoms with van der Waals surface area (Å²) in [6, 6.07) is 15.0. The summed E-state index contributed by atoms with van der Waals surface area (Å²) in [5.41, 5.74) is 2.53. The lowest BCUT2D eigenvalue weighted by Gasteiger charge is -2.34. The van der Waals surface area contributed by atoms with Crippen LogP contribution in [0, 0.1) is 0 Å². The number of anilines is 1. The van der Waals surface area contributed by atoms with Crippen molar-refractivity contribution >= 4 is 17.5 Å². The Morgan fingerprint density at radius 1 is 1.15 bits per heavy atom. The van der Waals surface area contributed by atoms with Gasteiger partial charge in [0.05, 0.1) is 12.2 Å². The summed E-state index contributed by atoms with van der Waals surface area (Å²) in [7, 11) is 1.56. The minimum absolute atomic E-state index is 0.128. The number of amides is 2. The molecule has 0 saturated carbocycles. The predicted molar refractivity (Wildman–Crippen MR) is 102 cm³/mol. The molecule has 1 atom stereocenters. The van der Waals surface area contributed by atoms with Crippen molar-refractivity contribution in [2.45, 2.75) is 32.3 Å². The fraction of sp³-hybridized carbons (Fsp3) is 0.333. The second kappa shape index (κ2) is 8.04. The van der Waals surface area contributed by atoms with Crippen molar-refractivity contribution in [1.29, 1.82) is 0 Å². The van der Waals surface area contributed by atoms with Crippen molar-refractivity contribution in [3.05, 3.63) is 59.7 Å². The Kier molecular flexibility index (Phi) is 5.56. The van der Waals surface area contributed by atoms with Crippen LogP contribution in [0.1, 0.15) is 35.7 Å². The van der Waals surface area contributed by atoms with Gasteiger partial charge in [-0.25, -0.2) is 0 Å². The zero-order valence-electron chi connectivity index (χ0n) is 15.2. The highest BCUT2D eigenvalue weighted by Crippen LogP contribution is 2.34. The summed E-state index contributed by atoms with van der Waals surface area (Å²) in [5.74, 6) is 0.171. The number of ether oxygens (including phenoxy) is 1. The van der Waals surface area contributed by atoms with Crippen LogP contribution in [0.2, 0.25) is 0 Å². The summed E-state index contributed by atoms with van der Waals surface area (Å²) >= 11 is 0. The van der Waals surface area contributed by atoms with Gasteiger partial charge in [0.2, 0.25) is 0 Å². The summed E-state index contributed by atoms with van der Waals surface area (Å²) in [6.45, 7) is 2.35. The molecule has 1 aliphatic rings. The highest BCUT2D eigenvalue weighted by molar-refractivity contribution is 6.07. The maximum absolute atomic E-state index is 13.1. The minimum atomic E-state index is -0.720. The first kappa shape index (κ1) is 18.0. The van der Waals surface area contributed by atoms with E-state index in [1.807, 2.05) is 42.5 Å². The lowest BCUT2D eigenvalue weighted by molar-refractivity contribution is -0.127. The van der Waals surface area contributed by atoms with E-state index < -0.39 is 6.10 Å². The zero-order valence-corrected chi connectivity index (χ0v) is 15.2. The average molecular weight is 352 g/mol. The van der Waals surface area contributed by atoms with Crippen LogP contribution in [0.5, 0.6) is 5.75 Å². The Hall–Kier alpha value is -2.82. The SMILES string of the molecule is CCCCc1ccc(C(=O)N2C[C@@H](C(=O)NC)Oc3ccccc32)cc1. The van der Waals surface area contributed by atoms with Gasteiger partial charge in [0, 0.05) is 12.6 Å². The lowest BCUT2D eigenvalue weighted by atomic mass is 10.0. The van der Waals surface area contributed by atoms with E-state index in [9.17, 15) is 9.59 Å². The van der Waals surface area contributed by atoms with Gasteiger partial charge in [-0.05, 0) is 42.7 Å². The molecule has 1 heterocycles. The van der Waals surface area contributed by atoms with Gasteiger partial charge < -0.3 is 15.0 Å². The Morgan fingerprint density at radius 3 is 2.58 bits per heavy atom. The number of carbonyl (C=O) groups is 2. The van der Waals surface area contributed by atoms with Gasteiger partial charge in [0.1, 0.15) is 5.75 Å². The molecule has 5 heteroatoms. The summed E-state index contributed by atoms with van der Waals surface area (Å²) in [4.78, 5) is 26.8. The van der Waals surface area contributed by atoms with E-state index >= 15 is 0 Å². The van der Waals surface area contributed by atoms with Crippen LogP contribution in [0.25, 0.3) is 0 Å². The van der Waals surface area contributed by atoms with Crippen LogP contribution in [0.15, 0.2) is 48.5 Å². The normalized spacial score (nSPS) is 15.8. The third-order valence-electron chi connectivity index (χ3n) is 4.58. The Bertz CT molecular complexity index is 786. The minimum Gasteiger partial charge on any atom is -0.477 e. The molecule has 0 aliphatic carbocycles. The maximum atomic E-state index is 13.1. The monoisotopic (exact) mass is 352 g/mol. The van der Waals surface area contributed by atoms with Crippen molar-refractivity contribution in [2.24, 2.45) is 0 Å². The van der Waals surface area contributed by atoms with E-state index in [1.54, 1.807) is 18.0 Å². The van der Waals surface area contributed by atoms with E-state index in [2.05, 4.69) is 12.2 Å². The molecule has 0 aromatic heterocycles. The van der Waals surface area contributed by atoms with E-state index in [4.69, 9.17) is 4.74 Å². The van der Waals surface area contributed by atoms with Crippen molar-refractivity contribution in [3.63, 3.8) is 0 Å². The van der Waals surface area contributed by atoms with Gasteiger partial charge >= 0.3 is 0 Å². The van der Waals surface area contributed by atoms with Gasteiger partial charge in [-0.1, -0.05) is 37.6 Å². The molecule has 0 saturated heterocycles. The number of benzene rings is 2. The molecule has 5 nitrogen and oxygen atoms in total. The van der Waals surface area contributed by atoms with Gasteiger partial charge in [0.25, 0.3) is 11.8 Å². The van der Waals surface area contributed by atoms with Crippen molar-refractivity contribution in [2.75, 3.05) is 18.5 Å². The summed E-state index contributed by atoms with van der Waals surface area (Å²) < 4.78 is 5.76. The van der Waals surface area contributed by atoms with Crippen LogP contribution in [-0.2, 0) is 11.2 Å². The van der Waals surface area contributed by atoms with Crippen LogP contribution in [0.3, 0.4) is 0 Å². The molecule has 3 rings (SSSR count). The van der Waals surface area contributed by atoms with Gasteiger partial charge in [-0.2, -0.15) is 0 Å². The molecule has 2 aromatic carbocycles. The number of likely N-dealkylation sites (N-methyl/N-ethyl adjacent to an activating group) is 1. The van der Waals surface area contributed by atoms with Crippen LogP contribution >= 0.6 is 0 Å². The zero-order chi connectivity index (χ0) is 18.5. The Balaban J connectivity index is 1.86. The smallest absolute Gasteiger partial charge is 0.262 e. The van der Waals surface area contributed by atoms with Crippen LogP contribution in [-0.4, -0.2) is 31.5 Å². The summed E-state index contributed by atoms with van der Waals surface area (Å²) in [5, 5.41) is 2.59. The number of hydrogen-bond acceptors (Lipinski definition) is 3. The molecule has 2 aromatic rings. The molecule has 0 unspecified atom stereocenters. The third kappa shape index (κ3) is 3.72. The number of carbonyl (C=O) groups excluding carboxylic acids is 2. The number of fused-ring (bicyclic) bond motifs is 1. The van der Waals surface area contributed by atoms with Gasteiger partial charge in [-0.15, -0.1) is 0 Å². The average Bonchev–Trinajstić information content (AvgIpc) is 2.70. The van der Waals surface area contributed by atoms with E-state index in [0.717, 1.165) is 19.3 Å². The van der Waals surface area contributed by atoms with E-state index in [-0.39, 0.29) is 18.4 Å². The first-order valence-electron chi connectivity index (χ1n) is 9.02. The number of aryl methyl sites for hydroxylation is 1. The molecule has 1 aliphatic heterocycles. The molecule has 26 heavy (non-hydrogen) atoms. The Morgan fingerprint density at radius 2 is 1.88 bits per heavy atom. The standard InChI is InChI=1S/C21H24N2O3/c1-3-4-7-15-10-12-16(13-11-15)21(25)23-14-19(20(24)22-2)26-18-9-6-5-8-17(18)23/h5-6,8-13,19H,3-4,7,14H2,1-2H3,(H,22,24)/t19-/m0/s1. The lowest BCUT2D eigenvalue weighted by Crippen LogP contribution is -2.50. The highest BCUT2D eigenvalue weighted by atomic mass is 16.5. The number of nitrogens with zero attached hydrogens (tertiary/aromatic N) is 1. The molecule has 136 valence electrons. The van der Waals surface area contributed by atoms with Gasteiger partial charge in [-0.3, -0.25) is 9.59 Å². The molecular formula is C21H24N2O3. The Labute approximate surface area is 154 Å². The summed E-state index contributed by atoms with van der Waals surface area (Å²) in [6.07, 6.45) is 2.58. The topological polar surface area (TPSA) is 58.6 Å². The maximum Gasteiger partial charge on any atom is 0.262 e. The van der Waals surface area contributed by atoms with E-state index in [0.29, 0.717) is 17.0 Å². The molecule has 0 radical (unpaired) electrons. The van der Waals surface area contributed by atoms with Crippen LogP contribution in [0.4, 0.5) is 5.69 Å². The largest absolute Gasteiger partial charge is 0.477 e. The third-order valence-corrected chi connectivity index (χ3v) is 4.58. The second-order valence-corrected chi connectivity index (χ2v) is 6.40. The number of nitrogens with one attached hydrogen (secondary N) is 1. The van der Waals surface area contributed by atoms with Crippen LogP contribution < -0.4 is 15.0 Å². The highest BCUT2D eigenvalue weighted by Gasteiger charge is 2.33. The number of rotatable bonds is 5. The number of para-hydroxylation sites is 2. The molecule has 0 fully saturated rings. The molecule has 1 N–H and O–H groups in total.